The third-order valence-electron chi connectivity index (χ3n) is 2.53. The van der Waals surface area contributed by atoms with Crippen LogP contribution in [0.25, 0.3) is 0 Å². The third kappa shape index (κ3) is 2.15. The molecule has 0 unspecified atom stereocenters. The lowest BCUT2D eigenvalue weighted by Gasteiger charge is -2.02. The summed E-state index contributed by atoms with van der Waals surface area (Å²) in [5.41, 5.74) is 0.653. The van der Waals surface area contributed by atoms with Gasteiger partial charge in [-0.05, 0) is 53.2 Å². The van der Waals surface area contributed by atoms with Crippen LogP contribution in [0.3, 0.4) is 0 Å². The lowest BCUT2D eigenvalue weighted by Crippen LogP contribution is -1.98. The van der Waals surface area contributed by atoms with Crippen molar-refractivity contribution >= 4 is 11.8 Å². The molecule has 5 nitrogen and oxygen atoms in total. The second-order valence-corrected chi connectivity index (χ2v) is 4.92. The zero-order valence-corrected chi connectivity index (χ0v) is 9.76. The van der Waals surface area contributed by atoms with Crippen molar-refractivity contribution in [2.45, 2.75) is 28.9 Å². The smallest absolute Gasteiger partial charge is 0.214 e. The van der Waals surface area contributed by atoms with Gasteiger partial charge in [0, 0.05) is 4.90 Å². The van der Waals surface area contributed by atoms with E-state index in [0.29, 0.717) is 11.6 Å². The van der Waals surface area contributed by atoms with Gasteiger partial charge >= 0.3 is 0 Å². The molecule has 1 saturated carbocycles. The summed E-state index contributed by atoms with van der Waals surface area (Å²) < 4.78 is 1.86. The van der Waals surface area contributed by atoms with E-state index < -0.39 is 0 Å². The molecule has 84 valence electrons. The molecule has 1 aromatic carbocycles. The van der Waals surface area contributed by atoms with Gasteiger partial charge in [0.05, 0.1) is 17.7 Å². The summed E-state index contributed by atoms with van der Waals surface area (Å²) in [6.45, 7) is 0. The molecule has 0 amide bonds. The topological polar surface area (TPSA) is 67.4 Å². The van der Waals surface area contributed by atoms with Gasteiger partial charge in [-0.3, -0.25) is 0 Å². The van der Waals surface area contributed by atoms with E-state index >= 15 is 0 Å². The minimum absolute atomic E-state index is 0.464. The fourth-order valence-corrected chi connectivity index (χ4v) is 2.44. The maximum Gasteiger partial charge on any atom is 0.214 e. The molecule has 0 bridgehead atoms. The first-order valence-corrected chi connectivity index (χ1v) is 6.14. The Bertz CT molecular complexity index is 582. The highest BCUT2D eigenvalue weighted by atomic mass is 32.2. The van der Waals surface area contributed by atoms with E-state index in [9.17, 15) is 0 Å². The van der Waals surface area contributed by atoms with Gasteiger partial charge in [0.1, 0.15) is 0 Å². The van der Waals surface area contributed by atoms with Crippen LogP contribution in [0.4, 0.5) is 0 Å². The Morgan fingerprint density at radius 2 is 2.29 bits per heavy atom. The molecule has 6 heteroatoms. The lowest BCUT2D eigenvalue weighted by molar-refractivity contribution is 0.565. The molecular weight excluding hydrogens is 234 g/mol. The summed E-state index contributed by atoms with van der Waals surface area (Å²) in [5.74, 6) is 0. The number of benzene rings is 1. The van der Waals surface area contributed by atoms with Crippen LogP contribution in [0.5, 0.6) is 0 Å². The largest absolute Gasteiger partial charge is 0.217 e. The van der Waals surface area contributed by atoms with Gasteiger partial charge in [0.15, 0.2) is 0 Å². The highest BCUT2D eigenvalue weighted by Gasteiger charge is 2.28. The zero-order chi connectivity index (χ0) is 11.7. The molecule has 17 heavy (non-hydrogen) atoms. The van der Waals surface area contributed by atoms with Crippen molar-refractivity contribution in [1.29, 1.82) is 5.26 Å². The van der Waals surface area contributed by atoms with Crippen molar-refractivity contribution in [1.82, 2.24) is 20.2 Å². The maximum absolute atomic E-state index is 8.84. The highest BCUT2D eigenvalue weighted by molar-refractivity contribution is 7.99. The zero-order valence-electron chi connectivity index (χ0n) is 8.95. The molecule has 0 spiro atoms. The average molecular weight is 243 g/mol. The molecule has 1 heterocycles. The Hall–Kier alpha value is -1.87. The molecule has 1 fully saturated rings. The van der Waals surface area contributed by atoms with Crippen LogP contribution < -0.4 is 0 Å². The molecule has 0 saturated heterocycles. The Balaban J connectivity index is 1.86. The van der Waals surface area contributed by atoms with Crippen LogP contribution in [0.15, 0.2) is 34.3 Å². The van der Waals surface area contributed by atoms with Crippen molar-refractivity contribution in [3.8, 4) is 6.07 Å². The van der Waals surface area contributed by atoms with Gasteiger partial charge in [-0.15, -0.1) is 5.10 Å². The minimum atomic E-state index is 0.464. The quantitative estimate of drug-likeness (QED) is 0.825. The molecular formula is C11H9N5S. The number of hydrogen-bond acceptors (Lipinski definition) is 5. The summed E-state index contributed by atoms with van der Waals surface area (Å²) >= 11 is 1.49. The van der Waals surface area contributed by atoms with E-state index in [-0.39, 0.29) is 0 Å². The van der Waals surface area contributed by atoms with E-state index in [0.717, 1.165) is 22.9 Å². The highest BCUT2D eigenvalue weighted by Crippen LogP contribution is 2.37. The van der Waals surface area contributed by atoms with Crippen molar-refractivity contribution in [2.24, 2.45) is 0 Å². The van der Waals surface area contributed by atoms with Crippen LogP contribution in [0, 0.1) is 11.3 Å². The number of aromatic nitrogens is 4. The van der Waals surface area contributed by atoms with Crippen molar-refractivity contribution in [2.75, 3.05) is 0 Å². The molecule has 1 aromatic heterocycles. The van der Waals surface area contributed by atoms with E-state index in [1.165, 1.54) is 11.8 Å². The van der Waals surface area contributed by atoms with Crippen molar-refractivity contribution < 1.29 is 0 Å². The third-order valence-corrected chi connectivity index (χ3v) is 3.47. The normalized spacial score (nSPS) is 14.5. The Morgan fingerprint density at radius 1 is 1.41 bits per heavy atom. The number of nitrogens with zero attached hydrogens (tertiary/aromatic N) is 5. The second-order valence-electron chi connectivity index (χ2n) is 3.88. The van der Waals surface area contributed by atoms with E-state index in [1.54, 1.807) is 6.07 Å². The van der Waals surface area contributed by atoms with Crippen LogP contribution in [0.2, 0.25) is 0 Å². The standard InChI is InChI=1S/C11H9N5S/c12-7-8-2-1-3-10(6-8)17-11-13-14-15-16(11)9-4-5-9/h1-3,6,9H,4-5H2. The van der Waals surface area contributed by atoms with Crippen molar-refractivity contribution in [3.63, 3.8) is 0 Å². The van der Waals surface area contributed by atoms with Gasteiger partial charge in [0.2, 0.25) is 5.16 Å². The molecule has 1 aliphatic carbocycles. The fourth-order valence-electron chi connectivity index (χ4n) is 1.54. The minimum Gasteiger partial charge on any atom is -0.217 e. The first kappa shape index (κ1) is 10.3. The van der Waals surface area contributed by atoms with Gasteiger partial charge in [-0.1, -0.05) is 6.07 Å². The summed E-state index contributed by atoms with van der Waals surface area (Å²) in [4.78, 5) is 0.987. The summed E-state index contributed by atoms with van der Waals surface area (Å²) in [7, 11) is 0. The van der Waals surface area contributed by atoms with E-state index in [4.69, 9.17) is 5.26 Å². The second kappa shape index (κ2) is 4.18. The fraction of sp³-hybridized carbons (Fsp3) is 0.273. The molecule has 0 aliphatic heterocycles. The maximum atomic E-state index is 8.84. The van der Waals surface area contributed by atoms with Gasteiger partial charge < -0.3 is 0 Å². The molecule has 0 atom stereocenters. The summed E-state index contributed by atoms with van der Waals surface area (Å²) in [6, 6.07) is 10.0. The first-order valence-electron chi connectivity index (χ1n) is 5.33. The van der Waals surface area contributed by atoms with E-state index in [2.05, 4.69) is 21.6 Å². The molecule has 0 N–H and O–H groups in total. The average Bonchev–Trinajstić information content (AvgIpc) is 3.11. The van der Waals surface area contributed by atoms with Crippen LogP contribution in [-0.2, 0) is 0 Å². The number of nitriles is 1. The first-order chi connectivity index (χ1) is 8.36. The summed E-state index contributed by atoms with van der Waals surface area (Å²) in [5, 5.41) is 21.3. The number of rotatable bonds is 3. The van der Waals surface area contributed by atoms with Crippen LogP contribution >= 0.6 is 11.8 Å². The SMILES string of the molecule is N#Cc1cccc(Sc2nnnn2C2CC2)c1. The van der Waals surface area contributed by atoms with Crippen molar-refractivity contribution in [3.05, 3.63) is 29.8 Å². The van der Waals surface area contributed by atoms with Crippen LogP contribution in [0.1, 0.15) is 24.4 Å². The molecule has 1 aliphatic rings. The lowest BCUT2D eigenvalue weighted by atomic mass is 10.2. The summed E-state index contributed by atoms with van der Waals surface area (Å²) in [6.07, 6.45) is 2.30. The monoisotopic (exact) mass is 243 g/mol. The van der Waals surface area contributed by atoms with Gasteiger partial charge in [0.25, 0.3) is 0 Å². The Labute approximate surface area is 102 Å². The van der Waals surface area contributed by atoms with E-state index in [1.807, 2.05) is 22.9 Å². The molecule has 3 rings (SSSR count). The van der Waals surface area contributed by atoms with Gasteiger partial charge in [-0.2, -0.15) is 5.26 Å². The number of tetrazole rings is 1. The number of hydrogen-bond donors (Lipinski definition) is 0. The van der Waals surface area contributed by atoms with Gasteiger partial charge in [-0.25, -0.2) is 4.68 Å². The predicted octanol–water partition coefficient (Wildman–Crippen LogP) is 2.03. The molecule has 0 radical (unpaired) electrons. The Kier molecular flexibility index (Phi) is 2.53. The van der Waals surface area contributed by atoms with Crippen LogP contribution in [-0.4, -0.2) is 20.2 Å². The Morgan fingerprint density at radius 3 is 3.06 bits per heavy atom. The predicted molar refractivity (Wildman–Crippen MR) is 61.4 cm³/mol. The molecule has 2 aromatic rings.